The van der Waals surface area contributed by atoms with Crippen LogP contribution in [0.1, 0.15) is 12.5 Å². The fraction of sp³-hybridized carbons (Fsp3) is 0.522. The van der Waals surface area contributed by atoms with Crippen LogP contribution in [0.15, 0.2) is 24.3 Å². The van der Waals surface area contributed by atoms with Gasteiger partial charge in [0.25, 0.3) is 0 Å². The van der Waals surface area contributed by atoms with E-state index >= 15 is 0 Å². The van der Waals surface area contributed by atoms with Crippen molar-refractivity contribution in [1.82, 2.24) is 14.7 Å². The summed E-state index contributed by atoms with van der Waals surface area (Å²) < 4.78 is 5.49. The molecule has 0 heterocycles. The minimum Gasteiger partial charge on any atom is -0.494 e. The molecule has 0 unspecified atom stereocenters. The summed E-state index contributed by atoms with van der Waals surface area (Å²) in [6.07, 6.45) is 0.595. The second-order valence-electron chi connectivity index (χ2n) is 7.08. The Kier molecular flexibility index (Phi) is 13.3. The molecule has 1 aromatic carbocycles. The van der Waals surface area contributed by atoms with Crippen LogP contribution in [0.3, 0.4) is 0 Å². The third-order valence-electron chi connectivity index (χ3n) is 4.85. The standard InChI is InChI=1S/C23H28N8O/c1-2-32-23-5-3-21(4-6-23)19-22(31(15-10-27)16-11-28)20-30(14-9-26)18-17-29(12-7-24)13-8-25/h3-6,22H,2,12-20H2,1H3/t22-/m0/s1. The van der Waals surface area contributed by atoms with E-state index in [1.165, 1.54) is 0 Å². The van der Waals surface area contributed by atoms with E-state index in [4.69, 9.17) is 15.3 Å². The van der Waals surface area contributed by atoms with Crippen LogP contribution in [0.4, 0.5) is 0 Å². The molecular weight excluding hydrogens is 404 g/mol. The fourth-order valence-electron chi connectivity index (χ4n) is 3.30. The molecule has 1 aromatic rings. The Bertz CT molecular complexity index is 850. The Morgan fingerprint density at radius 1 is 0.750 bits per heavy atom. The second kappa shape index (κ2) is 16.1. The molecule has 0 aliphatic carbocycles. The topological polar surface area (TPSA) is 138 Å². The molecule has 1 atom stereocenters. The molecule has 0 saturated carbocycles. The number of rotatable bonds is 15. The molecule has 0 radical (unpaired) electrons. The average molecular weight is 433 g/mol. The average Bonchev–Trinajstić information content (AvgIpc) is 2.78. The van der Waals surface area contributed by atoms with Gasteiger partial charge < -0.3 is 4.74 Å². The Morgan fingerprint density at radius 2 is 1.25 bits per heavy atom. The number of ether oxygens (including phenoxy) is 1. The van der Waals surface area contributed by atoms with E-state index in [1.54, 1.807) is 4.90 Å². The molecule has 1 rings (SSSR count). The molecule has 0 aromatic heterocycles. The molecule has 0 spiro atoms. The molecule has 0 saturated heterocycles. The summed E-state index contributed by atoms with van der Waals surface area (Å²) in [5.41, 5.74) is 1.03. The van der Waals surface area contributed by atoms with Crippen LogP contribution in [-0.2, 0) is 6.42 Å². The molecule has 9 heteroatoms. The molecular formula is C23H28N8O. The van der Waals surface area contributed by atoms with Gasteiger partial charge in [-0.25, -0.2) is 0 Å². The molecule has 166 valence electrons. The molecule has 0 bridgehead atoms. The Balaban J connectivity index is 3.00. The van der Waals surface area contributed by atoms with E-state index < -0.39 is 0 Å². The molecule has 0 amide bonds. The minimum absolute atomic E-state index is 0.102. The van der Waals surface area contributed by atoms with Crippen molar-refractivity contribution < 1.29 is 4.74 Å². The summed E-state index contributed by atoms with van der Waals surface area (Å²) in [4.78, 5) is 5.46. The van der Waals surface area contributed by atoms with Crippen molar-refractivity contribution in [2.75, 3.05) is 59.0 Å². The maximum atomic E-state index is 9.30. The normalized spacial score (nSPS) is 11.2. The zero-order chi connectivity index (χ0) is 23.6. The second-order valence-corrected chi connectivity index (χ2v) is 7.08. The van der Waals surface area contributed by atoms with Gasteiger partial charge in [-0.1, -0.05) is 12.1 Å². The zero-order valence-electron chi connectivity index (χ0n) is 18.4. The van der Waals surface area contributed by atoms with Crippen molar-refractivity contribution in [2.45, 2.75) is 19.4 Å². The summed E-state index contributed by atoms with van der Waals surface area (Å²) in [5.74, 6) is 0.778. The highest BCUT2D eigenvalue weighted by Gasteiger charge is 2.22. The van der Waals surface area contributed by atoms with E-state index in [1.807, 2.05) is 53.1 Å². The van der Waals surface area contributed by atoms with Crippen LogP contribution in [0, 0.1) is 56.7 Å². The quantitative estimate of drug-likeness (QED) is 0.377. The summed E-state index contributed by atoms with van der Waals surface area (Å²) in [6, 6.07) is 18.1. The van der Waals surface area contributed by atoms with Gasteiger partial charge in [0.05, 0.1) is 69.7 Å². The van der Waals surface area contributed by atoms with Crippen LogP contribution < -0.4 is 4.74 Å². The van der Waals surface area contributed by atoms with E-state index in [9.17, 15) is 15.8 Å². The first-order valence-corrected chi connectivity index (χ1v) is 10.4. The molecule has 9 nitrogen and oxygen atoms in total. The zero-order valence-corrected chi connectivity index (χ0v) is 18.4. The molecule has 0 fully saturated rings. The van der Waals surface area contributed by atoms with Gasteiger partial charge in [-0.15, -0.1) is 0 Å². The van der Waals surface area contributed by atoms with Gasteiger partial charge in [0.15, 0.2) is 0 Å². The van der Waals surface area contributed by atoms with Gasteiger partial charge in [0.1, 0.15) is 5.75 Å². The smallest absolute Gasteiger partial charge is 0.119 e. The van der Waals surface area contributed by atoms with Gasteiger partial charge in [-0.3, -0.25) is 14.7 Å². The third-order valence-corrected chi connectivity index (χ3v) is 4.85. The van der Waals surface area contributed by atoms with Crippen LogP contribution >= 0.6 is 0 Å². The van der Waals surface area contributed by atoms with Crippen molar-refractivity contribution in [2.24, 2.45) is 0 Å². The fourth-order valence-corrected chi connectivity index (χ4v) is 3.30. The maximum absolute atomic E-state index is 9.30. The SMILES string of the molecule is CCOc1ccc(C[C@@H](CN(CC#N)CCN(CC#N)CC#N)N(CC#N)CC#N)cc1. The van der Waals surface area contributed by atoms with Crippen LogP contribution in [-0.4, -0.2) is 79.7 Å². The van der Waals surface area contributed by atoms with Crippen molar-refractivity contribution >= 4 is 0 Å². The highest BCUT2D eigenvalue weighted by molar-refractivity contribution is 5.28. The number of hydrogen-bond acceptors (Lipinski definition) is 9. The summed E-state index contributed by atoms with van der Waals surface area (Å²) in [7, 11) is 0. The third kappa shape index (κ3) is 9.90. The Hall–Kier alpha value is -3.65. The molecule has 0 aliphatic rings. The van der Waals surface area contributed by atoms with E-state index in [0.29, 0.717) is 32.7 Å². The maximum Gasteiger partial charge on any atom is 0.119 e. The van der Waals surface area contributed by atoms with Crippen molar-refractivity contribution in [3.8, 4) is 36.1 Å². The Morgan fingerprint density at radius 3 is 1.75 bits per heavy atom. The number of hydrogen-bond donors (Lipinski definition) is 0. The predicted molar refractivity (Wildman–Crippen MR) is 118 cm³/mol. The lowest BCUT2D eigenvalue weighted by Crippen LogP contribution is -2.47. The first kappa shape index (κ1) is 26.4. The summed E-state index contributed by atoms with van der Waals surface area (Å²) in [5, 5.41) is 45.7. The van der Waals surface area contributed by atoms with Crippen LogP contribution in [0.5, 0.6) is 5.75 Å². The van der Waals surface area contributed by atoms with E-state index in [0.717, 1.165) is 11.3 Å². The van der Waals surface area contributed by atoms with E-state index in [-0.39, 0.29) is 38.8 Å². The monoisotopic (exact) mass is 432 g/mol. The summed E-state index contributed by atoms with van der Waals surface area (Å²) in [6.45, 7) is 4.57. The lowest BCUT2D eigenvalue weighted by atomic mass is 10.0. The number of nitrogens with zero attached hydrogens (tertiary/aromatic N) is 8. The largest absolute Gasteiger partial charge is 0.494 e. The van der Waals surface area contributed by atoms with Gasteiger partial charge in [0, 0.05) is 25.7 Å². The van der Waals surface area contributed by atoms with Crippen LogP contribution in [0.25, 0.3) is 0 Å². The number of nitriles is 5. The first-order valence-electron chi connectivity index (χ1n) is 10.4. The minimum atomic E-state index is -0.166. The van der Waals surface area contributed by atoms with Crippen molar-refractivity contribution in [3.05, 3.63) is 29.8 Å². The molecule has 0 N–H and O–H groups in total. The molecule has 32 heavy (non-hydrogen) atoms. The van der Waals surface area contributed by atoms with Crippen molar-refractivity contribution in [1.29, 1.82) is 26.3 Å². The first-order chi connectivity index (χ1) is 15.6. The Labute approximate surface area is 190 Å². The van der Waals surface area contributed by atoms with Crippen molar-refractivity contribution in [3.63, 3.8) is 0 Å². The molecule has 0 aliphatic heterocycles. The van der Waals surface area contributed by atoms with Gasteiger partial charge >= 0.3 is 0 Å². The number of benzene rings is 1. The van der Waals surface area contributed by atoms with Gasteiger partial charge in [0.2, 0.25) is 0 Å². The highest BCUT2D eigenvalue weighted by Crippen LogP contribution is 2.16. The van der Waals surface area contributed by atoms with Crippen LogP contribution in [0.2, 0.25) is 0 Å². The lowest BCUT2D eigenvalue weighted by Gasteiger charge is -2.33. The van der Waals surface area contributed by atoms with Gasteiger partial charge in [-0.2, -0.15) is 26.3 Å². The summed E-state index contributed by atoms with van der Waals surface area (Å²) >= 11 is 0. The lowest BCUT2D eigenvalue weighted by molar-refractivity contribution is 0.160. The highest BCUT2D eigenvalue weighted by atomic mass is 16.5. The predicted octanol–water partition coefficient (Wildman–Crippen LogP) is 1.52. The van der Waals surface area contributed by atoms with Gasteiger partial charge in [-0.05, 0) is 31.0 Å². The van der Waals surface area contributed by atoms with E-state index in [2.05, 4.69) is 18.2 Å².